The zero-order valence-electron chi connectivity index (χ0n) is 21.1. The first-order valence-corrected chi connectivity index (χ1v) is 13.0. The van der Waals surface area contributed by atoms with Crippen molar-refractivity contribution in [2.45, 2.75) is 44.6 Å². The number of carbonyl (C=O) groups excluding carboxylic acids is 1. The van der Waals surface area contributed by atoms with Crippen molar-refractivity contribution in [3.05, 3.63) is 119 Å². The lowest BCUT2D eigenvalue weighted by atomic mass is 9.77. The fraction of sp³-hybridized carbons (Fsp3) is 0.258. The van der Waals surface area contributed by atoms with Crippen molar-refractivity contribution in [2.75, 3.05) is 0 Å². The number of hydrogen-bond acceptors (Lipinski definition) is 4. The highest BCUT2D eigenvalue weighted by atomic mass is 19.1. The molecule has 0 spiro atoms. The molecule has 7 heteroatoms. The number of pyridine rings is 1. The minimum Gasteiger partial charge on any atom is -0.505 e. The SMILES string of the molecule is C[C@@H]1C2=C(CC[C@@H]2CC(NC(=O)c2ncccc2O)c2ccccc2)Cc2c1cnn2-c1ccc(F)cc1. The van der Waals surface area contributed by atoms with Crippen molar-refractivity contribution in [3.8, 4) is 11.4 Å². The molecule has 6 nitrogen and oxygen atoms in total. The van der Waals surface area contributed by atoms with E-state index in [-0.39, 0.29) is 35.1 Å². The molecule has 1 amide bonds. The second-order valence-corrected chi connectivity index (χ2v) is 10.2. The highest BCUT2D eigenvalue weighted by molar-refractivity contribution is 5.95. The van der Waals surface area contributed by atoms with Gasteiger partial charge in [-0.1, -0.05) is 48.4 Å². The summed E-state index contributed by atoms with van der Waals surface area (Å²) >= 11 is 0. The molecule has 2 aromatic heterocycles. The van der Waals surface area contributed by atoms with Gasteiger partial charge in [0.2, 0.25) is 0 Å². The monoisotopic (exact) mass is 508 g/mol. The molecule has 2 aromatic carbocycles. The Morgan fingerprint density at radius 3 is 2.68 bits per heavy atom. The molecule has 38 heavy (non-hydrogen) atoms. The van der Waals surface area contributed by atoms with Crippen LogP contribution in [0.1, 0.15) is 65.5 Å². The average Bonchev–Trinajstić information content (AvgIpc) is 3.54. The first-order valence-electron chi connectivity index (χ1n) is 13.0. The molecule has 192 valence electrons. The lowest BCUT2D eigenvalue weighted by molar-refractivity contribution is 0.0923. The van der Waals surface area contributed by atoms with E-state index in [0.29, 0.717) is 5.92 Å². The third-order valence-electron chi connectivity index (χ3n) is 7.96. The number of amides is 1. The van der Waals surface area contributed by atoms with Gasteiger partial charge in [0.15, 0.2) is 5.69 Å². The number of nitrogens with zero attached hydrogens (tertiary/aromatic N) is 3. The van der Waals surface area contributed by atoms with Crippen LogP contribution in [-0.4, -0.2) is 25.8 Å². The van der Waals surface area contributed by atoms with Gasteiger partial charge in [-0.3, -0.25) is 4.79 Å². The Labute approximate surface area is 220 Å². The summed E-state index contributed by atoms with van der Waals surface area (Å²) in [5.74, 6) is -0.254. The summed E-state index contributed by atoms with van der Waals surface area (Å²) in [5, 5.41) is 18.0. The van der Waals surface area contributed by atoms with Crippen LogP contribution in [0.2, 0.25) is 0 Å². The van der Waals surface area contributed by atoms with E-state index < -0.39 is 0 Å². The van der Waals surface area contributed by atoms with Crippen molar-refractivity contribution in [2.24, 2.45) is 5.92 Å². The second-order valence-electron chi connectivity index (χ2n) is 10.2. The van der Waals surface area contributed by atoms with E-state index in [9.17, 15) is 14.3 Å². The van der Waals surface area contributed by atoms with Crippen LogP contribution in [0.4, 0.5) is 4.39 Å². The molecule has 1 unspecified atom stereocenters. The van der Waals surface area contributed by atoms with Crippen molar-refractivity contribution in [1.29, 1.82) is 0 Å². The van der Waals surface area contributed by atoms with Crippen LogP contribution < -0.4 is 5.32 Å². The number of benzene rings is 2. The molecule has 0 radical (unpaired) electrons. The summed E-state index contributed by atoms with van der Waals surface area (Å²) in [6.45, 7) is 2.24. The molecular weight excluding hydrogens is 479 g/mol. The molecule has 2 aliphatic carbocycles. The first-order chi connectivity index (χ1) is 18.5. The molecule has 2 aliphatic rings. The second kappa shape index (κ2) is 9.89. The van der Waals surface area contributed by atoms with Crippen LogP contribution in [0.25, 0.3) is 5.69 Å². The molecular formula is C31H29FN4O2. The standard InChI is InChI=1S/C31H29FN4O2/c1-19-25-18-34-36(24-13-11-23(32)12-14-24)27(25)17-22-10-9-21(29(19)22)16-26(20-6-3-2-4-7-20)35-31(38)30-28(37)8-5-15-33-30/h2-8,11-15,18-19,21,26,37H,9-10,16-17H2,1H3,(H,35,38)/t19-,21+,26?/m0/s1. The number of fused-ring (bicyclic) bond motifs is 1. The Balaban J connectivity index is 1.27. The normalized spacial score (nSPS) is 19.1. The fourth-order valence-electron chi connectivity index (χ4n) is 6.18. The number of carbonyl (C=O) groups is 1. The molecule has 4 aromatic rings. The lowest BCUT2D eigenvalue weighted by Gasteiger charge is -2.30. The Bertz CT molecular complexity index is 1510. The Morgan fingerprint density at radius 2 is 1.92 bits per heavy atom. The van der Waals surface area contributed by atoms with Gasteiger partial charge in [-0.25, -0.2) is 14.1 Å². The van der Waals surface area contributed by atoms with E-state index in [4.69, 9.17) is 0 Å². The van der Waals surface area contributed by atoms with Crippen LogP contribution in [-0.2, 0) is 6.42 Å². The Hall–Kier alpha value is -4.26. The van der Waals surface area contributed by atoms with Gasteiger partial charge in [0.05, 0.1) is 23.6 Å². The maximum absolute atomic E-state index is 13.5. The number of hydrogen-bond donors (Lipinski definition) is 2. The molecule has 0 saturated carbocycles. The number of rotatable bonds is 6. The lowest BCUT2D eigenvalue weighted by Crippen LogP contribution is -2.31. The maximum Gasteiger partial charge on any atom is 0.274 e. The van der Waals surface area contributed by atoms with Gasteiger partial charge in [-0.15, -0.1) is 0 Å². The quantitative estimate of drug-likeness (QED) is 0.311. The third-order valence-corrected chi connectivity index (χ3v) is 7.96. The zero-order chi connectivity index (χ0) is 26.2. The highest BCUT2D eigenvalue weighted by Crippen LogP contribution is 2.49. The van der Waals surface area contributed by atoms with Gasteiger partial charge in [0.1, 0.15) is 11.6 Å². The fourth-order valence-corrected chi connectivity index (χ4v) is 6.18. The van der Waals surface area contributed by atoms with Crippen molar-refractivity contribution < 1.29 is 14.3 Å². The predicted octanol–water partition coefficient (Wildman–Crippen LogP) is 6.04. The molecule has 2 N–H and O–H groups in total. The zero-order valence-corrected chi connectivity index (χ0v) is 21.1. The van der Waals surface area contributed by atoms with Crippen molar-refractivity contribution in [3.63, 3.8) is 0 Å². The van der Waals surface area contributed by atoms with Gasteiger partial charge >= 0.3 is 0 Å². The molecule has 0 aliphatic heterocycles. The number of aromatic hydroxyl groups is 1. The van der Waals surface area contributed by atoms with Crippen LogP contribution in [0.5, 0.6) is 5.75 Å². The highest BCUT2D eigenvalue weighted by Gasteiger charge is 2.37. The summed E-state index contributed by atoms with van der Waals surface area (Å²) in [6.07, 6.45) is 7.07. The minimum absolute atomic E-state index is 0.0311. The number of nitrogens with one attached hydrogen (secondary N) is 1. The average molecular weight is 509 g/mol. The summed E-state index contributed by atoms with van der Waals surface area (Å²) in [6, 6.07) is 19.3. The summed E-state index contributed by atoms with van der Waals surface area (Å²) in [5.41, 5.74) is 7.19. The van der Waals surface area contributed by atoms with E-state index in [1.54, 1.807) is 18.2 Å². The number of allylic oxidation sites excluding steroid dienone is 2. The molecule has 0 bridgehead atoms. The van der Waals surface area contributed by atoms with Crippen LogP contribution >= 0.6 is 0 Å². The topological polar surface area (TPSA) is 80.0 Å². The van der Waals surface area contributed by atoms with Crippen molar-refractivity contribution in [1.82, 2.24) is 20.1 Å². The minimum atomic E-state index is -0.385. The first kappa shape index (κ1) is 24.1. The number of halogens is 1. The molecule has 0 saturated heterocycles. The van der Waals surface area contributed by atoms with Gasteiger partial charge in [0.25, 0.3) is 5.91 Å². The van der Waals surface area contributed by atoms with E-state index in [1.807, 2.05) is 41.2 Å². The maximum atomic E-state index is 13.5. The molecule has 6 rings (SSSR count). The Kier molecular flexibility index (Phi) is 6.27. The van der Waals surface area contributed by atoms with Gasteiger partial charge in [-0.05, 0) is 67.1 Å². The third kappa shape index (κ3) is 4.38. The van der Waals surface area contributed by atoms with Crippen LogP contribution in [0, 0.1) is 11.7 Å². The van der Waals surface area contributed by atoms with Gasteiger partial charge in [-0.2, -0.15) is 5.10 Å². The van der Waals surface area contributed by atoms with E-state index in [2.05, 4.69) is 22.3 Å². The summed E-state index contributed by atoms with van der Waals surface area (Å²) in [4.78, 5) is 17.2. The smallest absolute Gasteiger partial charge is 0.274 e. The largest absolute Gasteiger partial charge is 0.505 e. The van der Waals surface area contributed by atoms with Crippen molar-refractivity contribution >= 4 is 5.91 Å². The van der Waals surface area contributed by atoms with Crippen LogP contribution in [0.15, 0.2) is 90.3 Å². The van der Waals surface area contributed by atoms with Gasteiger partial charge in [0, 0.05) is 24.1 Å². The predicted molar refractivity (Wildman–Crippen MR) is 143 cm³/mol. The summed E-state index contributed by atoms with van der Waals surface area (Å²) < 4.78 is 15.4. The van der Waals surface area contributed by atoms with Crippen LogP contribution in [0.3, 0.4) is 0 Å². The molecule has 0 fully saturated rings. The Morgan fingerprint density at radius 1 is 1.13 bits per heavy atom. The summed E-state index contributed by atoms with van der Waals surface area (Å²) in [7, 11) is 0. The van der Waals surface area contributed by atoms with Gasteiger partial charge < -0.3 is 10.4 Å². The van der Waals surface area contributed by atoms with E-state index in [0.717, 1.165) is 36.9 Å². The van der Waals surface area contributed by atoms with E-state index >= 15 is 0 Å². The number of aromatic nitrogens is 3. The molecule has 2 heterocycles. The molecule has 3 atom stereocenters. The van der Waals surface area contributed by atoms with E-state index in [1.165, 1.54) is 46.8 Å².